The van der Waals surface area contributed by atoms with Gasteiger partial charge >= 0.3 is 5.97 Å². The molecule has 0 radical (unpaired) electrons. The van der Waals surface area contributed by atoms with Crippen molar-refractivity contribution in [3.8, 4) is 0 Å². The first kappa shape index (κ1) is 19.5. The number of hydrogen-bond donors (Lipinski definition) is 2. The van der Waals surface area contributed by atoms with Crippen molar-refractivity contribution < 1.29 is 19.0 Å². The molecular weight excluding hydrogens is 366 g/mol. The van der Waals surface area contributed by atoms with E-state index in [1.54, 1.807) is 4.57 Å². The maximum absolute atomic E-state index is 12.1. The maximum Gasteiger partial charge on any atom is 0.305 e. The fourth-order valence-electron chi connectivity index (χ4n) is 2.79. The first-order valence-corrected chi connectivity index (χ1v) is 8.53. The second-order valence-corrected chi connectivity index (χ2v) is 6.06. The Labute approximate surface area is 160 Å². The second kappa shape index (κ2) is 8.63. The molecule has 0 fully saturated rings. The summed E-state index contributed by atoms with van der Waals surface area (Å²) in [6.45, 7) is 1.73. The smallest absolute Gasteiger partial charge is 0.305 e. The molecule has 0 saturated carbocycles. The largest absolute Gasteiger partial charge is 0.434 e. The summed E-state index contributed by atoms with van der Waals surface area (Å²) < 4.78 is 18.0. The van der Waals surface area contributed by atoms with Crippen LogP contribution >= 0.6 is 0 Å². The Balaban J connectivity index is 1.91. The number of anilines is 1. The molecule has 28 heavy (non-hydrogen) atoms. The standard InChI is InChI=1S/C18H21N5O5/c1-11(24)28-17(26-2)13(9-27-8-12-6-4-3-5-7-12)23-10-20-14-15(23)21-18(19)22-16(14)25/h3-7,10,13,17H,8-9H2,1-2H3,(H3,19,21,22,25)/t13?,17-/m1/s1. The highest BCUT2D eigenvalue weighted by molar-refractivity contribution is 5.70. The van der Waals surface area contributed by atoms with Crippen LogP contribution in [-0.2, 0) is 25.6 Å². The highest BCUT2D eigenvalue weighted by Crippen LogP contribution is 2.21. The van der Waals surface area contributed by atoms with Crippen molar-refractivity contribution in [2.75, 3.05) is 19.5 Å². The number of methoxy groups -OCH3 is 1. The average Bonchev–Trinajstić information content (AvgIpc) is 3.08. The number of rotatable bonds is 8. The van der Waals surface area contributed by atoms with Gasteiger partial charge in [0.2, 0.25) is 12.2 Å². The molecule has 10 nitrogen and oxygen atoms in total. The van der Waals surface area contributed by atoms with Gasteiger partial charge in [0.15, 0.2) is 11.2 Å². The lowest BCUT2D eigenvalue weighted by Crippen LogP contribution is -2.33. The second-order valence-electron chi connectivity index (χ2n) is 6.06. The van der Waals surface area contributed by atoms with Gasteiger partial charge in [-0.1, -0.05) is 30.3 Å². The first-order chi connectivity index (χ1) is 13.5. The lowest BCUT2D eigenvalue weighted by atomic mass is 10.2. The van der Waals surface area contributed by atoms with E-state index in [9.17, 15) is 9.59 Å². The third kappa shape index (κ3) is 4.35. The molecule has 3 N–H and O–H groups in total. The topological polar surface area (TPSA) is 134 Å². The van der Waals surface area contributed by atoms with Gasteiger partial charge < -0.3 is 24.5 Å². The van der Waals surface area contributed by atoms with E-state index in [1.807, 2.05) is 30.3 Å². The van der Waals surface area contributed by atoms with E-state index in [4.69, 9.17) is 19.9 Å². The molecule has 0 aliphatic carbocycles. The van der Waals surface area contributed by atoms with Gasteiger partial charge in [-0.15, -0.1) is 0 Å². The van der Waals surface area contributed by atoms with Crippen LogP contribution in [0, 0.1) is 0 Å². The molecule has 0 aliphatic rings. The van der Waals surface area contributed by atoms with Gasteiger partial charge in [0.25, 0.3) is 5.56 Å². The predicted octanol–water partition coefficient (Wildman–Crippen LogP) is 0.995. The lowest BCUT2D eigenvalue weighted by molar-refractivity contribution is -0.184. The summed E-state index contributed by atoms with van der Waals surface area (Å²) in [4.78, 5) is 34.2. The molecule has 0 aliphatic heterocycles. The number of ether oxygens (including phenoxy) is 3. The fraction of sp³-hybridized carbons (Fsp3) is 0.333. The molecule has 0 amide bonds. The number of hydrogen-bond acceptors (Lipinski definition) is 8. The van der Waals surface area contributed by atoms with Gasteiger partial charge in [0, 0.05) is 14.0 Å². The normalized spacial score (nSPS) is 13.4. The minimum Gasteiger partial charge on any atom is -0.434 e. The van der Waals surface area contributed by atoms with Crippen LogP contribution < -0.4 is 11.3 Å². The van der Waals surface area contributed by atoms with E-state index in [0.717, 1.165) is 5.56 Å². The summed E-state index contributed by atoms with van der Waals surface area (Å²) in [6, 6.07) is 8.97. The molecule has 0 spiro atoms. The zero-order valence-electron chi connectivity index (χ0n) is 15.5. The highest BCUT2D eigenvalue weighted by atomic mass is 16.7. The molecule has 2 heterocycles. The third-order valence-corrected chi connectivity index (χ3v) is 4.04. The molecule has 0 bridgehead atoms. The van der Waals surface area contributed by atoms with Crippen LogP contribution in [0.5, 0.6) is 0 Å². The van der Waals surface area contributed by atoms with E-state index in [0.29, 0.717) is 6.61 Å². The van der Waals surface area contributed by atoms with Crippen LogP contribution in [0.2, 0.25) is 0 Å². The van der Waals surface area contributed by atoms with Gasteiger partial charge in [-0.2, -0.15) is 4.98 Å². The number of aromatic amines is 1. The Hall–Kier alpha value is -3.24. The zero-order valence-corrected chi connectivity index (χ0v) is 15.5. The number of nitrogens with zero attached hydrogens (tertiary/aromatic N) is 3. The van der Waals surface area contributed by atoms with E-state index >= 15 is 0 Å². The van der Waals surface area contributed by atoms with Crippen molar-refractivity contribution in [3.05, 3.63) is 52.6 Å². The van der Waals surface area contributed by atoms with Gasteiger partial charge in [0.1, 0.15) is 6.04 Å². The van der Waals surface area contributed by atoms with Gasteiger partial charge in [-0.25, -0.2) is 4.98 Å². The summed E-state index contributed by atoms with van der Waals surface area (Å²) in [5.41, 5.74) is 6.53. The zero-order chi connectivity index (χ0) is 20.1. The minimum atomic E-state index is -0.979. The summed E-state index contributed by atoms with van der Waals surface area (Å²) in [5, 5.41) is 0. The van der Waals surface area contributed by atoms with Crippen molar-refractivity contribution in [1.29, 1.82) is 0 Å². The van der Waals surface area contributed by atoms with Crippen LogP contribution in [-0.4, -0.2) is 45.5 Å². The molecule has 3 rings (SSSR count). The molecule has 0 saturated heterocycles. The van der Waals surface area contributed by atoms with Crippen molar-refractivity contribution >= 4 is 23.1 Å². The van der Waals surface area contributed by atoms with E-state index in [1.165, 1.54) is 20.4 Å². The highest BCUT2D eigenvalue weighted by Gasteiger charge is 2.29. The van der Waals surface area contributed by atoms with E-state index in [-0.39, 0.29) is 23.7 Å². The Bertz CT molecular complexity index is 1000. The van der Waals surface area contributed by atoms with Crippen molar-refractivity contribution in [1.82, 2.24) is 19.5 Å². The van der Waals surface area contributed by atoms with E-state index < -0.39 is 23.9 Å². The van der Waals surface area contributed by atoms with Gasteiger partial charge in [0.05, 0.1) is 19.5 Å². The summed E-state index contributed by atoms with van der Waals surface area (Å²) in [5.74, 6) is -0.570. The van der Waals surface area contributed by atoms with Crippen LogP contribution in [0.4, 0.5) is 5.95 Å². The molecular formula is C18H21N5O5. The van der Waals surface area contributed by atoms with Crippen LogP contribution in [0.15, 0.2) is 41.5 Å². The Morgan fingerprint density at radius 1 is 1.32 bits per heavy atom. The number of H-pyrrole nitrogens is 1. The number of nitrogens with two attached hydrogens (primary N) is 1. The number of aromatic nitrogens is 4. The van der Waals surface area contributed by atoms with Crippen molar-refractivity contribution in [3.63, 3.8) is 0 Å². The number of esters is 1. The van der Waals surface area contributed by atoms with E-state index in [2.05, 4.69) is 15.0 Å². The lowest BCUT2D eigenvalue weighted by Gasteiger charge is -2.26. The number of nitrogen functional groups attached to an aromatic ring is 1. The summed E-state index contributed by atoms with van der Waals surface area (Å²) in [6.07, 6.45) is 0.436. The molecule has 2 aromatic heterocycles. The first-order valence-electron chi connectivity index (χ1n) is 8.53. The number of fused-ring (bicyclic) bond motifs is 1. The maximum atomic E-state index is 12.1. The Morgan fingerprint density at radius 2 is 2.07 bits per heavy atom. The predicted molar refractivity (Wildman–Crippen MR) is 100 cm³/mol. The van der Waals surface area contributed by atoms with Gasteiger partial charge in [-0.05, 0) is 5.56 Å². The molecule has 148 valence electrons. The number of carbonyl (C=O) groups is 1. The van der Waals surface area contributed by atoms with Crippen LogP contribution in [0.3, 0.4) is 0 Å². The molecule has 1 aromatic carbocycles. The number of nitrogens with one attached hydrogen (secondary N) is 1. The van der Waals surface area contributed by atoms with Crippen LogP contribution in [0.1, 0.15) is 18.5 Å². The molecule has 2 atom stereocenters. The number of carbonyl (C=O) groups excluding carboxylic acids is 1. The quantitative estimate of drug-likeness (QED) is 0.432. The summed E-state index contributed by atoms with van der Waals surface area (Å²) >= 11 is 0. The minimum absolute atomic E-state index is 0.0512. The number of imidazole rings is 1. The number of benzene rings is 1. The Morgan fingerprint density at radius 3 is 2.75 bits per heavy atom. The summed E-state index contributed by atoms with van der Waals surface area (Å²) in [7, 11) is 1.41. The fourth-order valence-corrected chi connectivity index (χ4v) is 2.79. The van der Waals surface area contributed by atoms with Crippen molar-refractivity contribution in [2.45, 2.75) is 25.9 Å². The average molecular weight is 387 g/mol. The molecule has 3 aromatic rings. The van der Waals surface area contributed by atoms with Crippen LogP contribution in [0.25, 0.3) is 11.2 Å². The third-order valence-electron chi connectivity index (χ3n) is 4.04. The molecule has 10 heteroatoms. The van der Waals surface area contributed by atoms with Crippen molar-refractivity contribution in [2.24, 2.45) is 0 Å². The van der Waals surface area contributed by atoms with Gasteiger partial charge in [-0.3, -0.25) is 14.6 Å². The SMILES string of the molecule is CO[C@H](OC(C)=O)C(COCc1ccccc1)n1cnc2c(=O)[nH]c(N)nc21. The monoisotopic (exact) mass is 387 g/mol. The molecule has 1 unspecified atom stereocenters. The Kier molecular flexibility index (Phi) is 6.02.